The first-order valence-corrected chi connectivity index (χ1v) is 11.9. The van der Waals surface area contributed by atoms with Crippen LogP contribution in [0.25, 0.3) is 0 Å². The van der Waals surface area contributed by atoms with Gasteiger partial charge in [-0.15, -0.1) is 11.3 Å². The van der Waals surface area contributed by atoms with Crippen LogP contribution in [0, 0.1) is 0 Å². The third-order valence-corrected chi connectivity index (χ3v) is 6.66. The second kappa shape index (κ2) is 10.4. The third-order valence-electron chi connectivity index (χ3n) is 5.16. The van der Waals surface area contributed by atoms with Gasteiger partial charge in [-0.1, -0.05) is 23.2 Å². The molecule has 168 valence electrons. The number of benzene rings is 1. The molecule has 3 aromatic rings. The predicted molar refractivity (Wildman–Crippen MR) is 126 cm³/mol. The number of carbonyl (C=O) groups excluding carboxylic acids is 2. The van der Waals surface area contributed by atoms with Gasteiger partial charge in [0, 0.05) is 37.1 Å². The number of hydrogen-bond donors (Lipinski definition) is 1. The van der Waals surface area contributed by atoms with Gasteiger partial charge in [-0.3, -0.25) is 9.59 Å². The summed E-state index contributed by atoms with van der Waals surface area (Å²) in [7, 11) is 0. The summed E-state index contributed by atoms with van der Waals surface area (Å²) in [6, 6.07) is 8.75. The Bertz CT molecular complexity index is 1080. The molecule has 4 rings (SSSR count). The lowest BCUT2D eigenvalue weighted by Gasteiger charge is -2.22. The number of amides is 2. The lowest BCUT2D eigenvalue weighted by Crippen LogP contribution is -2.36. The van der Waals surface area contributed by atoms with E-state index in [9.17, 15) is 9.59 Å². The van der Waals surface area contributed by atoms with Gasteiger partial charge in [0.25, 0.3) is 5.91 Å². The zero-order chi connectivity index (χ0) is 22.5. The normalized spacial score (nSPS) is 13.4. The summed E-state index contributed by atoms with van der Waals surface area (Å²) < 4.78 is 5.42. The Labute approximate surface area is 199 Å². The first-order chi connectivity index (χ1) is 15.5. The number of nitrogens with zero attached hydrogens (tertiary/aromatic N) is 3. The minimum Gasteiger partial charge on any atom is -0.467 e. The molecule has 0 saturated carbocycles. The fourth-order valence-electron chi connectivity index (χ4n) is 3.49. The Balaban J connectivity index is 1.44. The lowest BCUT2D eigenvalue weighted by molar-refractivity contribution is -0.130. The molecule has 3 heterocycles. The zero-order valence-corrected chi connectivity index (χ0v) is 19.6. The van der Waals surface area contributed by atoms with Crippen LogP contribution in [0.3, 0.4) is 0 Å². The molecule has 0 radical (unpaired) electrons. The molecule has 1 saturated heterocycles. The fraction of sp³-hybridized carbons (Fsp3) is 0.318. The number of thiazole rings is 1. The third kappa shape index (κ3) is 5.62. The SMILES string of the molecule is O=C(CCN(Cc1ccco1)C(=O)c1csc(Nc2ccc(Cl)c(Cl)c2)n1)N1CCCC1. The van der Waals surface area contributed by atoms with Crippen molar-refractivity contribution in [2.75, 3.05) is 25.0 Å². The molecular formula is C22H22Cl2N4O3S. The number of furan rings is 1. The van der Waals surface area contributed by atoms with Crippen molar-refractivity contribution in [3.63, 3.8) is 0 Å². The molecule has 0 atom stereocenters. The number of likely N-dealkylation sites (tertiary alicyclic amines) is 1. The highest BCUT2D eigenvalue weighted by atomic mass is 35.5. The Hall–Kier alpha value is -2.55. The molecular weight excluding hydrogens is 471 g/mol. The molecule has 1 aliphatic heterocycles. The average molecular weight is 493 g/mol. The fourth-order valence-corrected chi connectivity index (χ4v) is 4.49. The lowest BCUT2D eigenvalue weighted by atomic mass is 10.3. The van der Waals surface area contributed by atoms with Gasteiger partial charge in [0.1, 0.15) is 11.5 Å². The minimum atomic E-state index is -0.255. The van der Waals surface area contributed by atoms with Crippen LogP contribution >= 0.6 is 34.5 Å². The van der Waals surface area contributed by atoms with Gasteiger partial charge in [-0.25, -0.2) is 4.98 Å². The Morgan fingerprint density at radius 1 is 1.19 bits per heavy atom. The zero-order valence-electron chi connectivity index (χ0n) is 17.2. The number of aromatic nitrogens is 1. The predicted octanol–water partition coefficient (Wildman–Crippen LogP) is 5.44. The summed E-state index contributed by atoms with van der Waals surface area (Å²) in [5, 5.41) is 6.27. The van der Waals surface area contributed by atoms with E-state index in [1.54, 1.807) is 46.9 Å². The topological polar surface area (TPSA) is 78.7 Å². The summed E-state index contributed by atoms with van der Waals surface area (Å²) in [6.45, 7) is 2.15. The molecule has 1 N–H and O–H groups in total. The molecule has 0 aliphatic carbocycles. The van der Waals surface area contributed by atoms with Gasteiger partial charge >= 0.3 is 0 Å². The van der Waals surface area contributed by atoms with E-state index >= 15 is 0 Å². The number of nitrogens with one attached hydrogen (secondary N) is 1. The smallest absolute Gasteiger partial charge is 0.273 e. The Morgan fingerprint density at radius 2 is 2.00 bits per heavy atom. The summed E-state index contributed by atoms with van der Waals surface area (Å²) in [5.74, 6) is 0.463. The van der Waals surface area contributed by atoms with E-state index in [-0.39, 0.29) is 24.8 Å². The summed E-state index contributed by atoms with van der Waals surface area (Å²) in [6.07, 6.45) is 3.91. The molecule has 2 amide bonds. The van der Waals surface area contributed by atoms with Gasteiger partial charge in [-0.2, -0.15) is 0 Å². The molecule has 0 bridgehead atoms. The maximum atomic E-state index is 13.2. The van der Waals surface area contributed by atoms with E-state index in [2.05, 4.69) is 10.3 Å². The van der Waals surface area contributed by atoms with Crippen LogP contribution in [0.15, 0.2) is 46.4 Å². The van der Waals surface area contributed by atoms with Crippen molar-refractivity contribution < 1.29 is 14.0 Å². The number of rotatable bonds is 8. The van der Waals surface area contributed by atoms with E-state index in [4.69, 9.17) is 27.6 Å². The van der Waals surface area contributed by atoms with Gasteiger partial charge < -0.3 is 19.5 Å². The largest absolute Gasteiger partial charge is 0.467 e. The van der Waals surface area contributed by atoms with Crippen molar-refractivity contribution in [2.24, 2.45) is 0 Å². The molecule has 1 aromatic carbocycles. The highest BCUT2D eigenvalue weighted by molar-refractivity contribution is 7.14. The molecule has 32 heavy (non-hydrogen) atoms. The van der Waals surface area contributed by atoms with Crippen molar-refractivity contribution in [2.45, 2.75) is 25.8 Å². The second-order valence-corrected chi connectivity index (χ2v) is 9.11. The molecule has 1 fully saturated rings. The minimum absolute atomic E-state index is 0.0694. The van der Waals surface area contributed by atoms with Crippen LogP contribution in [0.1, 0.15) is 35.5 Å². The van der Waals surface area contributed by atoms with Crippen molar-refractivity contribution in [1.29, 1.82) is 0 Å². The van der Waals surface area contributed by atoms with Gasteiger partial charge in [0.2, 0.25) is 5.91 Å². The van der Waals surface area contributed by atoms with E-state index < -0.39 is 0 Å². The maximum absolute atomic E-state index is 13.2. The summed E-state index contributed by atoms with van der Waals surface area (Å²) in [5.41, 5.74) is 1.02. The van der Waals surface area contributed by atoms with Gasteiger partial charge in [-0.05, 0) is 43.2 Å². The summed E-state index contributed by atoms with van der Waals surface area (Å²) in [4.78, 5) is 33.6. The van der Waals surface area contributed by atoms with Crippen LogP contribution in [0.4, 0.5) is 10.8 Å². The first-order valence-electron chi connectivity index (χ1n) is 10.3. The number of anilines is 2. The van der Waals surface area contributed by atoms with Crippen molar-refractivity contribution in [3.8, 4) is 0 Å². The van der Waals surface area contributed by atoms with E-state index in [0.29, 0.717) is 33.2 Å². The molecule has 2 aromatic heterocycles. The molecule has 10 heteroatoms. The highest BCUT2D eigenvalue weighted by Gasteiger charge is 2.23. The standard InChI is InChI=1S/C22H22Cl2N4O3S/c23-17-6-5-15(12-18(17)24)25-22-26-19(14-32-22)21(30)28(13-16-4-3-11-31-16)10-7-20(29)27-8-1-2-9-27/h3-6,11-12,14H,1-2,7-10,13H2,(H,25,26). The summed E-state index contributed by atoms with van der Waals surface area (Å²) >= 11 is 13.3. The quantitative estimate of drug-likeness (QED) is 0.452. The van der Waals surface area contributed by atoms with E-state index in [1.807, 2.05) is 4.90 Å². The maximum Gasteiger partial charge on any atom is 0.273 e. The Kier molecular flexibility index (Phi) is 7.34. The molecule has 1 aliphatic rings. The van der Waals surface area contributed by atoms with E-state index in [1.165, 1.54) is 11.3 Å². The number of carbonyl (C=O) groups is 2. The molecule has 0 spiro atoms. The first kappa shape index (κ1) is 22.6. The van der Waals surface area contributed by atoms with Crippen LogP contribution < -0.4 is 5.32 Å². The monoisotopic (exact) mass is 492 g/mol. The van der Waals surface area contributed by atoms with Crippen molar-refractivity contribution in [1.82, 2.24) is 14.8 Å². The Morgan fingerprint density at radius 3 is 2.72 bits per heavy atom. The molecule has 7 nitrogen and oxygen atoms in total. The number of hydrogen-bond acceptors (Lipinski definition) is 6. The van der Waals surface area contributed by atoms with Crippen LogP contribution in [-0.2, 0) is 11.3 Å². The molecule has 0 unspecified atom stereocenters. The second-order valence-electron chi connectivity index (χ2n) is 7.44. The highest BCUT2D eigenvalue weighted by Crippen LogP contribution is 2.28. The van der Waals surface area contributed by atoms with Crippen LogP contribution in [0.2, 0.25) is 10.0 Å². The number of halogens is 2. The van der Waals surface area contributed by atoms with Gasteiger partial charge in [0.05, 0.1) is 22.9 Å². The van der Waals surface area contributed by atoms with Crippen molar-refractivity contribution in [3.05, 3.63) is 63.5 Å². The van der Waals surface area contributed by atoms with Crippen molar-refractivity contribution >= 4 is 57.2 Å². The van der Waals surface area contributed by atoms with E-state index in [0.717, 1.165) is 31.6 Å². The van der Waals surface area contributed by atoms with Crippen LogP contribution in [-0.4, -0.2) is 46.2 Å². The van der Waals surface area contributed by atoms with Gasteiger partial charge in [0.15, 0.2) is 5.13 Å². The average Bonchev–Trinajstić information content (AvgIpc) is 3.55. The van der Waals surface area contributed by atoms with Crippen LogP contribution in [0.5, 0.6) is 0 Å².